The third kappa shape index (κ3) is 2.85. The highest BCUT2D eigenvalue weighted by Gasteiger charge is 2.09. The van der Waals surface area contributed by atoms with Gasteiger partial charge in [-0.15, -0.1) is 0 Å². The Morgan fingerprint density at radius 3 is 2.40 bits per heavy atom. The van der Waals surface area contributed by atoms with Gasteiger partial charge in [-0.2, -0.15) is 0 Å². The molecule has 0 heterocycles. The zero-order chi connectivity index (χ0) is 8.15. The van der Waals surface area contributed by atoms with Gasteiger partial charge in [0.2, 0.25) is 5.91 Å². The van der Waals surface area contributed by atoms with Crippen molar-refractivity contribution in [1.82, 2.24) is 4.90 Å². The van der Waals surface area contributed by atoms with Crippen LogP contribution in [0.15, 0.2) is 0 Å². The van der Waals surface area contributed by atoms with E-state index in [1.54, 1.807) is 11.8 Å². The summed E-state index contributed by atoms with van der Waals surface area (Å²) in [6.45, 7) is 5.81. The fourth-order valence-corrected chi connectivity index (χ4v) is 0.922. The van der Waals surface area contributed by atoms with Crippen LogP contribution in [0.25, 0.3) is 0 Å². The first kappa shape index (κ1) is 9.47. The van der Waals surface area contributed by atoms with Gasteiger partial charge in [-0.25, -0.2) is 0 Å². The Morgan fingerprint density at radius 1 is 1.60 bits per heavy atom. The highest BCUT2D eigenvalue weighted by Crippen LogP contribution is 2.03. The van der Waals surface area contributed by atoms with Gasteiger partial charge < -0.3 is 4.90 Å². The van der Waals surface area contributed by atoms with Gasteiger partial charge in [0, 0.05) is 20.0 Å². The first-order chi connectivity index (χ1) is 4.59. The highest BCUT2D eigenvalue weighted by molar-refractivity contribution is 5.73. The lowest BCUT2D eigenvalue weighted by Crippen LogP contribution is -2.32. The predicted octanol–water partition coefficient (Wildman–Crippen LogP) is 1.65. The molecule has 0 aliphatic heterocycles. The van der Waals surface area contributed by atoms with E-state index < -0.39 is 0 Å². The summed E-state index contributed by atoms with van der Waals surface area (Å²) in [5.41, 5.74) is 0. The Morgan fingerprint density at radius 2 is 2.10 bits per heavy atom. The molecule has 1 atom stereocenters. The summed E-state index contributed by atoms with van der Waals surface area (Å²) in [5.74, 6) is 0.154. The summed E-state index contributed by atoms with van der Waals surface area (Å²) < 4.78 is 0. The molecule has 0 aromatic carbocycles. The predicted molar refractivity (Wildman–Crippen MR) is 42.8 cm³/mol. The molecule has 1 unspecified atom stereocenters. The van der Waals surface area contributed by atoms with Gasteiger partial charge in [-0.05, 0) is 13.3 Å². The molecule has 10 heavy (non-hydrogen) atoms. The first-order valence-corrected chi connectivity index (χ1v) is 3.83. The van der Waals surface area contributed by atoms with Crippen LogP contribution in [0, 0.1) is 0 Å². The van der Waals surface area contributed by atoms with Crippen molar-refractivity contribution in [3.63, 3.8) is 0 Å². The van der Waals surface area contributed by atoms with E-state index in [4.69, 9.17) is 0 Å². The number of hydrogen-bond acceptors (Lipinski definition) is 1. The Balaban J connectivity index is 3.69. The van der Waals surface area contributed by atoms with Gasteiger partial charge in [0.1, 0.15) is 0 Å². The van der Waals surface area contributed by atoms with Crippen LogP contribution in [-0.4, -0.2) is 23.9 Å². The van der Waals surface area contributed by atoms with Crippen LogP contribution in [0.2, 0.25) is 0 Å². The van der Waals surface area contributed by atoms with E-state index in [1.807, 2.05) is 7.05 Å². The van der Waals surface area contributed by atoms with Crippen LogP contribution in [0.3, 0.4) is 0 Å². The molecule has 0 aromatic rings. The highest BCUT2D eigenvalue weighted by atomic mass is 16.2. The Labute approximate surface area is 63.2 Å². The number of rotatable bonds is 3. The molecule has 0 bridgehead atoms. The largest absolute Gasteiger partial charge is 0.343 e. The second-order valence-electron chi connectivity index (χ2n) is 2.77. The number of hydrogen-bond donors (Lipinski definition) is 0. The fourth-order valence-electron chi connectivity index (χ4n) is 0.922. The summed E-state index contributed by atoms with van der Waals surface area (Å²) >= 11 is 0. The number of amides is 1. The van der Waals surface area contributed by atoms with E-state index >= 15 is 0 Å². The maximum absolute atomic E-state index is 10.8. The van der Waals surface area contributed by atoms with Crippen LogP contribution in [0.5, 0.6) is 0 Å². The topological polar surface area (TPSA) is 20.3 Å². The molecule has 0 spiro atoms. The zero-order valence-corrected chi connectivity index (χ0v) is 7.35. The minimum absolute atomic E-state index is 0.154. The maximum Gasteiger partial charge on any atom is 0.219 e. The number of nitrogens with zero attached hydrogens (tertiary/aromatic N) is 1. The molecular formula is C8H17NO. The van der Waals surface area contributed by atoms with E-state index in [2.05, 4.69) is 13.8 Å². The summed E-state index contributed by atoms with van der Waals surface area (Å²) in [7, 11) is 1.85. The standard InChI is InChI=1S/C8H17NO/c1-5-6-7(2)9(4)8(3)10/h7H,5-6H2,1-4H3. The average molecular weight is 143 g/mol. The molecule has 0 radical (unpaired) electrons. The van der Waals surface area contributed by atoms with Gasteiger partial charge in [-0.3, -0.25) is 4.79 Å². The molecule has 0 rings (SSSR count). The average Bonchev–Trinajstić information content (AvgIpc) is 1.87. The van der Waals surface area contributed by atoms with Gasteiger partial charge in [-0.1, -0.05) is 13.3 Å². The second kappa shape index (κ2) is 4.31. The number of carbonyl (C=O) groups excluding carboxylic acids is 1. The van der Waals surface area contributed by atoms with Gasteiger partial charge in [0.15, 0.2) is 0 Å². The number of carbonyl (C=O) groups is 1. The van der Waals surface area contributed by atoms with Crippen molar-refractivity contribution in [2.45, 2.75) is 39.7 Å². The lowest BCUT2D eigenvalue weighted by Gasteiger charge is -2.22. The van der Waals surface area contributed by atoms with Crippen molar-refractivity contribution in [1.29, 1.82) is 0 Å². The molecule has 0 fully saturated rings. The molecule has 0 aromatic heterocycles. The molecule has 0 N–H and O–H groups in total. The van der Waals surface area contributed by atoms with E-state index in [9.17, 15) is 4.79 Å². The lowest BCUT2D eigenvalue weighted by atomic mass is 10.2. The van der Waals surface area contributed by atoms with Gasteiger partial charge >= 0.3 is 0 Å². The lowest BCUT2D eigenvalue weighted by molar-refractivity contribution is -0.129. The molecule has 0 aliphatic carbocycles. The Bertz CT molecular complexity index is 112. The molecule has 2 heteroatoms. The third-order valence-corrected chi connectivity index (χ3v) is 1.86. The molecule has 1 amide bonds. The van der Waals surface area contributed by atoms with Crippen LogP contribution >= 0.6 is 0 Å². The van der Waals surface area contributed by atoms with Crippen molar-refractivity contribution in [2.24, 2.45) is 0 Å². The molecule has 2 nitrogen and oxygen atoms in total. The van der Waals surface area contributed by atoms with Crippen LogP contribution < -0.4 is 0 Å². The van der Waals surface area contributed by atoms with E-state index in [-0.39, 0.29) is 5.91 Å². The molecular weight excluding hydrogens is 126 g/mol. The molecule has 0 saturated heterocycles. The van der Waals surface area contributed by atoms with E-state index in [0.29, 0.717) is 6.04 Å². The SMILES string of the molecule is CCCC(C)N(C)C(C)=O. The van der Waals surface area contributed by atoms with Crippen molar-refractivity contribution in [3.05, 3.63) is 0 Å². The van der Waals surface area contributed by atoms with Crippen molar-refractivity contribution < 1.29 is 4.79 Å². The first-order valence-electron chi connectivity index (χ1n) is 3.83. The van der Waals surface area contributed by atoms with E-state index in [1.165, 1.54) is 0 Å². The maximum atomic E-state index is 10.8. The monoisotopic (exact) mass is 143 g/mol. The summed E-state index contributed by atoms with van der Waals surface area (Å²) in [6.07, 6.45) is 2.23. The fraction of sp³-hybridized carbons (Fsp3) is 0.875. The van der Waals surface area contributed by atoms with E-state index in [0.717, 1.165) is 12.8 Å². The van der Waals surface area contributed by atoms with Crippen molar-refractivity contribution in [3.8, 4) is 0 Å². The van der Waals surface area contributed by atoms with Gasteiger partial charge in [0.05, 0.1) is 0 Å². The minimum Gasteiger partial charge on any atom is -0.343 e. The smallest absolute Gasteiger partial charge is 0.219 e. The normalized spacial score (nSPS) is 12.8. The Kier molecular flexibility index (Phi) is 4.08. The minimum atomic E-state index is 0.154. The van der Waals surface area contributed by atoms with Crippen LogP contribution in [0.4, 0.5) is 0 Å². The summed E-state index contributed by atoms with van der Waals surface area (Å²) in [6, 6.07) is 0.391. The molecule has 0 aliphatic rings. The summed E-state index contributed by atoms with van der Waals surface area (Å²) in [5, 5.41) is 0. The summed E-state index contributed by atoms with van der Waals surface area (Å²) in [4.78, 5) is 12.6. The second-order valence-corrected chi connectivity index (χ2v) is 2.77. The van der Waals surface area contributed by atoms with Crippen LogP contribution in [0.1, 0.15) is 33.6 Å². The molecule has 0 saturated carbocycles. The molecule has 60 valence electrons. The third-order valence-electron chi connectivity index (χ3n) is 1.86. The van der Waals surface area contributed by atoms with Gasteiger partial charge in [0.25, 0.3) is 0 Å². The quantitative estimate of drug-likeness (QED) is 0.588. The van der Waals surface area contributed by atoms with Crippen molar-refractivity contribution >= 4 is 5.91 Å². The van der Waals surface area contributed by atoms with Crippen molar-refractivity contribution in [2.75, 3.05) is 7.05 Å². The van der Waals surface area contributed by atoms with Crippen LogP contribution in [-0.2, 0) is 4.79 Å². The Hall–Kier alpha value is -0.530. The zero-order valence-electron chi connectivity index (χ0n) is 7.35.